The molecule has 10 heteroatoms. The Labute approximate surface area is 182 Å². The first kappa shape index (κ1) is 22.3. The Balaban J connectivity index is 1.49. The summed E-state index contributed by atoms with van der Waals surface area (Å²) < 4.78 is 9.96. The number of fused-ring (bicyclic) bond motifs is 1. The molecule has 0 spiro atoms. The van der Waals surface area contributed by atoms with Crippen molar-refractivity contribution in [2.45, 2.75) is 25.7 Å². The van der Waals surface area contributed by atoms with Gasteiger partial charge in [0.25, 0.3) is 17.7 Å². The maximum absolute atomic E-state index is 12.2. The van der Waals surface area contributed by atoms with Gasteiger partial charge in [-0.2, -0.15) is 0 Å². The van der Waals surface area contributed by atoms with Crippen LogP contribution in [0.4, 0.5) is 5.00 Å². The molecule has 4 N–H and O–H groups in total. The monoisotopic (exact) mass is 445 g/mol. The number of aryl methyl sites for hydroxylation is 1. The molecule has 9 nitrogen and oxygen atoms in total. The molecule has 0 fully saturated rings. The molecular formula is C21H23N3O6S. The van der Waals surface area contributed by atoms with Crippen LogP contribution >= 0.6 is 11.3 Å². The Morgan fingerprint density at radius 3 is 2.68 bits per heavy atom. The molecule has 1 aliphatic carbocycles. The third kappa shape index (κ3) is 5.60. The number of amides is 3. The molecule has 0 unspecified atom stereocenters. The van der Waals surface area contributed by atoms with Crippen molar-refractivity contribution in [1.29, 1.82) is 0 Å². The van der Waals surface area contributed by atoms with Crippen molar-refractivity contribution < 1.29 is 28.7 Å². The standard InChI is InChI=1S/C21H23N3O6S/c1-29-13-6-4-5-12(9-13)20(28)23-10-17(26)30-11-16(25)24-21-18(19(22)27)14-7-2-3-8-15(14)31-21/h4-6,9H,2-3,7-8,10-11H2,1H3,(H2,22,27)(H,23,28)(H,24,25). The van der Waals surface area contributed by atoms with E-state index in [4.69, 9.17) is 15.2 Å². The van der Waals surface area contributed by atoms with E-state index in [1.165, 1.54) is 24.5 Å². The normalized spacial score (nSPS) is 12.4. The topological polar surface area (TPSA) is 137 Å². The number of rotatable bonds is 8. The van der Waals surface area contributed by atoms with Gasteiger partial charge in [-0.1, -0.05) is 6.07 Å². The predicted molar refractivity (Wildman–Crippen MR) is 114 cm³/mol. The first-order valence-corrected chi connectivity index (χ1v) is 10.5. The van der Waals surface area contributed by atoms with Gasteiger partial charge in [-0.25, -0.2) is 0 Å². The van der Waals surface area contributed by atoms with Crippen molar-refractivity contribution in [1.82, 2.24) is 5.32 Å². The van der Waals surface area contributed by atoms with Gasteiger partial charge in [-0.15, -0.1) is 11.3 Å². The van der Waals surface area contributed by atoms with Gasteiger partial charge in [-0.3, -0.25) is 19.2 Å². The molecule has 1 aliphatic rings. The number of hydrogen-bond acceptors (Lipinski definition) is 7. The second-order valence-electron chi connectivity index (χ2n) is 6.90. The Bertz CT molecular complexity index is 1020. The van der Waals surface area contributed by atoms with E-state index in [1.807, 2.05) is 0 Å². The Kier molecular flexibility index (Phi) is 7.24. The first-order chi connectivity index (χ1) is 14.9. The summed E-state index contributed by atoms with van der Waals surface area (Å²) in [5, 5.41) is 5.41. The third-order valence-corrected chi connectivity index (χ3v) is 5.97. The average molecular weight is 445 g/mol. The lowest BCUT2D eigenvalue weighted by molar-refractivity contribution is -0.146. The van der Waals surface area contributed by atoms with Crippen LogP contribution in [-0.2, 0) is 27.2 Å². The number of benzene rings is 1. The molecule has 0 saturated heterocycles. The zero-order valence-electron chi connectivity index (χ0n) is 17.0. The summed E-state index contributed by atoms with van der Waals surface area (Å²) >= 11 is 1.33. The highest BCUT2D eigenvalue weighted by Gasteiger charge is 2.25. The molecule has 0 radical (unpaired) electrons. The van der Waals surface area contributed by atoms with Crippen LogP contribution in [0.1, 0.15) is 44.0 Å². The smallest absolute Gasteiger partial charge is 0.325 e. The summed E-state index contributed by atoms with van der Waals surface area (Å²) in [5.41, 5.74) is 7.06. The van der Waals surface area contributed by atoms with Crippen molar-refractivity contribution in [3.8, 4) is 5.75 Å². The van der Waals surface area contributed by atoms with E-state index in [-0.39, 0.29) is 0 Å². The van der Waals surface area contributed by atoms with Crippen LogP contribution in [0.2, 0.25) is 0 Å². The van der Waals surface area contributed by atoms with Crippen LogP contribution in [0, 0.1) is 0 Å². The summed E-state index contributed by atoms with van der Waals surface area (Å²) in [5.74, 6) is -1.92. The van der Waals surface area contributed by atoms with Crippen molar-refractivity contribution >= 4 is 40.0 Å². The zero-order valence-corrected chi connectivity index (χ0v) is 17.8. The number of nitrogens with one attached hydrogen (secondary N) is 2. The number of esters is 1. The van der Waals surface area contributed by atoms with Gasteiger partial charge in [0.2, 0.25) is 0 Å². The van der Waals surface area contributed by atoms with E-state index in [9.17, 15) is 19.2 Å². The van der Waals surface area contributed by atoms with Crippen molar-refractivity contribution in [2.24, 2.45) is 5.73 Å². The van der Waals surface area contributed by atoms with E-state index >= 15 is 0 Å². The molecule has 2 aromatic rings. The maximum Gasteiger partial charge on any atom is 0.325 e. The SMILES string of the molecule is COc1cccc(C(=O)NCC(=O)OCC(=O)Nc2sc3c(c2C(N)=O)CCCC3)c1. The summed E-state index contributed by atoms with van der Waals surface area (Å²) in [7, 11) is 1.48. The number of hydrogen-bond donors (Lipinski definition) is 3. The van der Waals surface area contributed by atoms with Gasteiger partial charge in [0.15, 0.2) is 6.61 Å². The lowest BCUT2D eigenvalue weighted by Crippen LogP contribution is -2.32. The minimum absolute atomic E-state index is 0.325. The second-order valence-corrected chi connectivity index (χ2v) is 8.01. The van der Waals surface area contributed by atoms with E-state index < -0.39 is 36.8 Å². The molecule has 31 heavy (non-hydrogen) atoms. The molecule has 0 aliphatic heterocycles. The molecule has 1 heterocycles. The minimum Gasteiger partial charge on any atom is -0.497 e. The maximum atomic E-state index is 12.2. The fourth-order valence-electron chi connectivity index (χ4n) is 3.29. The third-order valence-electron chi connectivity index (χ3n) is 4.76. The summed E-state index contributed by atoms with van der Waals surface area (Å²) in [6.45, 7) is -0.947. The van der Waals surface area contributed by atoms with Crippen LogP contribution in [0.25, 0.3) is 0 Å². The fraction of sp³-hybridized carbons (Fsp3) is 0.333. The lowest BCUT2D eigenvalue weighted by Gasteiger charge is -2.11. The Morgan fingerprint density at radius 2 is 1.94 bits per heavy atom. The van der Waals surface area contributed by atoms with Crippen molar-refractivity contribution in [3.05, 3.63) is 45.8 Å². The minimum atomic E-state index is -0.771. The highest BCUT2D eigenvalue weighted by atomic mass is 32.1. The van der Waals surface area contributed by atoms with Crippen LogP contribution in [-0.4, -0.2) is 44.0 Å². The molecule has 1 aromatic heterocycles. The molecule has 0 atom stereocenters. The van der Waals surface area contributed by atoms with Crippen LogP contribution in [0.5, 0.6) is 5.75 Å². The molecule has 3 rings (SSSR count). The van der Waals surface area contributed by atoms with Gasteiger partial charge in [0.1, 0.15) is 17.3 Å². The molecule has 0 bridgehead atoms. The zero-order chi connectivity index (χ0) is 22.4. The Morgan fingerprint density at radius 1 is 1.16 bits per heavy atom. The van der Waals surface area contributed by atoms with E-state index in [0.717, 1.165) is 36.1 Å². The lowest BCUT2D eigenvalue weighted by atomic mass is 9.95. The van der Waals surface area contributed by atoms with Crippen LogP contribution < -0.4 is 21.1 Å². The van der Waals surface area contributed by atoms with E-state index in [2.05, 4.69) is 10.6 Å². The number of carbonyl (C=O) groups excluding carboxylic acids is 4. The molecule has 3 amide bonds. The van der Waals surface area contributed by atoms with Gasteiger partial charge >= 0.3 is 5.97 Å². The molecular weight excluding hydrogens is 422 g/mol. The van der Waals surface area contributed by atoms with Crippen molar-refractivity contribution in [2.75, 3.05) is 25.6 Å². The number of methoxy groups -OCH3 is 1. The van der Waals surface area contributed by atoms with Gasteiger partial charge in [0.05, 0.1) is 12.7 Å². The van der Waals surface area contributed by atoms with Crippen molar-refractivity contribution in [3.63, 3.8) is 0 Å². The second kappa shape index (κ2) is 10.1. The number of nitrogens with two attached hydrogens (primary N) is 1. The van der Waals surface area contributed by atoms with E-state index in [0.29, 0.717) is 21.9 Å². The summed E-state index contributed by atoms with van der Waals surface area (Å²) in [4.78, 5) is 49.1. The summed E-state index contributed by atoms with van der Waals surface area (Å²) in [6, 6.07) is 6.45. The average Bonchev–Trinajstić information content (AvgIpc) is 3.13. The molecule has 0 saturated carbocycles. The molecule has 164 valence electrons. The molecule has 1 aromatic carbocycles. The van der Waals surface area contributed by atoms with Crippen LogP contribution in [0.15, 0.2) is 24.3 Å². The highest BCUT2D eigenvalue weighted by molar-refractivity contribution is 7.17. The number of anilines is 1. The number of ether oxygens (including phenoxy) is 2. The number of primary amides is 1. The van der Waals surface area contributed by atoms with Gasteiger partial charge < -0.3 is 25.8 Å². The number of carbonyl (C=O) groups is 4. The first-order valence-electron chi connectivity index (χ1n) is 9.71. The van der Waals surface area contributed by atoms with Crippen LogP contribution in [0.3, 0.4) is 0 Å². The Hall–Kier alpha value is -3.40. The number of thiophene rings is 1. The predicted octanol–water partition coefficient (Wildman–Crippen LogP) is 1.65. The quantitative estimate of drug-likeness (QED) is 0.529. The van der Waals surface area contributed by atoms with Gasteiger partial charge in [-0.05, 0) is 49.4 Å². The largest absolute Gasteiger partial charge is 0.497 e. The fourth-order valence-corrected chi connectivity index (χ4v) is 4.60. The highest BCUT2D eigenvalue weighted by Crippen LogP contribution is 2.37. The van der Waals surface area contributed by atoms with Gasteiger partial charge in [0, 0.05) is 10.4 Å². The van der Waals surface area contributed by atoms with E-state index in [1.54, 1.807) is 18.2 Å². The summed E-state index contributed by atoms with van der Waals surface area (Å²) in [6.07, 6.45) is 3.59.